The summed E-state index contributed by atoms with van der Waals surface area (Å²) in [5, 5.41) is 3.16. The van der Waals surface area contributed by atoms with Crippen LogP contribution >= 0.6 is 0 Å². The van der Waals surface area contributed by atoms with E-state index >= 15 is 0 Å². The number of hydrogen-bond donors (Lipinski definition) is 1. The fraction of sp³-hybridized carbons (Fsp3) is 0.667. The summed E-state index contributed by atoms with van der Waals surface area (Å²) < 4.78 is 11.2. The maximum atomic E-state index is 5.86. The van der Waals surface area contributed by atoms with Crippen molar-refractivity contribution in [1.82, 2.24) is 10.3 Å². The van der Waals surface area contributed by atoms with E-state index in [4.69, 9.17) is 9.47 Å². The molecule has 1 aromatic rings. The molecule has 0 unspecified atom stereocenters. The van der Waals surface area contributed by atoms with Crippen LogP contribution in [0.15, 0.2) is 6.07 Å². The highest BCUT2D eigenvalue weighted by molar-refractivity contribution is 5.35. The number of ether oxygens (including phenoxy) is 2. The minimum absolute atomic E-state index is 0.165. The number of aryl methyl sites for hydroxylation is 2. The van der Waals surface area contributed by atoms with Gasteiger partial charge in [0.1, 0.15) is 0 Å². The van der Waals surface area contributed by atoms with Crippen molar-refractivity contribution in [2.24, 2.45) is 0 Å². The number of hydrogen-bond acceptors (Lipinski definition) is 4. The van der Waals surface area contributed by atoms with Gasteiger partial charge < -0.3 is 14.8 Å². The molecule has 19 heavy (non-hydrogen) atoms. The molecule has 0 aliphatic carbocycles. The molecule has 0 saturated heterocycles. The summed E-state index contributed by atoms with van der Waals surface area (Å²) in [5.74, 6) is 0.735. The third-order valence-corrected chi connectivity index (χ3v) is 3.29. The van der Waals surface area contributed by atoms with Crippen LogP contribution in [-0.2, 0) is 11.3 Å². The molecule has 1 rings (SSSR count). The first kappa shape index (κ1) is 15.9. The Morgan fingerprint density at radius 3 is 2.58 bits per heavy atom. The van der Waals surface area contributed by atoms with E-state index in [1.807, 2.05) is 14.0 Å². The molecular weight excluding hydrogens is 240 g/mol. The fourth-order valence-corrected chi connectivity index (χ4v) is 1.84. The molecule has 1 N–H and O–H groups in total. The van der Waals surface area contributed by atoms with Gasteiger partial charge in [-0.3, -0.25) is 0 Å². The molecule has 0 bridgehead atoms. The Kier molecular flexibility index (Phi) is 5.76. The summed E-state index contributed by atoms with van der Waals surface area (Å²) in [6.07, 6.45) is 0.831. The monoisotopic (exact) mass is 266 g/mol. The Balaban J connectivity index is 2.76. The van der Waals surface area contributed by atoms with E-state index in [0.717, 1.165) is 30.1 Å². The quantitative estimate of drug-likeness (QED) is 0.824. The molecule has 108 valence electrons. The molecular formula is C15H26N2O2. The van der Waals surface area contributed by atoms with Gasteiger partial charge in [-0.15, -0.1) is 0 Å². The van der Waals surface area contributed by atoms with Crippen LogP contribution < -0.4 is 10.1 Å². The maximum Gasteiger partial charge on any atom is 0.218 e. The molecule has 0 spiro atoms. The van der Waals surface area contributed by atoms with Gasteiger partial charge in [0, 0.05) is 31.3 Å². The van der Waals surface area contributed by atoms with Crippen molar-refractivity contribution in [3.05, 3.63) is 22.9 Å². The van der Waals surface area contributed by atoms with Gasteiger partial charge in [-0.1, -0.05) is 0 Å². The molecule has 0 fully saturated rings. The molecule has 0 saturated carbocycles. The summed E-state index contributed by atoms with van der Waals surface area (Å²) in [5.41, 5.74) is 3.16. The summed E-state index contributed by atoms with van der Waals surface area (Å²) >= 11 is 0. The molecule has 4 nitrogen and oxygen atoms in total. The number of pyridine rings is 1. The molecule has 4 heteroatoms. The van der Waals surface area contributed by atoms with Crippen LogP contribution in [0.1, 0.15) is 37.1 Å². The molecule has 0 aliphatic heterocycles. The highest BCUT2D eigenvalue weighted by Crippen LogP contribution is 2.22. The van der Waals surface area contributed by atoms with Gasteiger partial charge in [0.25, 0.3) is 0 Å². The second-order valence-electron chi connectivity index (χ2n) is 5.46. The number of rotatable bonds is 7. The van der Waals surface area contributed by atoms with E-state index in [9.17, 15) is 0 Å². The van der Waals surface area contributed by atoms with Crippen molar-refractivity contribution in [2.45, 2.75) is 46.3 Å². The van der Waals surface area contributed by atoms with E-state index in [-0.39, 0.29) is 5.60 Å². The smallest absolute Gasteiger partial charge is 0.218 e. The minimum atomic E-state index is -0.165. The van der Waals surface area contributed by atoms with Gasteiger partial charge >= 0.3 is 0 Å². The number of nitrogens with zero attached hydrogens (tertiary/aromatic N) is 1. The Morgan fingerprint density at radius 1 is 1.32 bits per heavy atom. The van der Waals surface area contributed by atoms with Gasteiger partial charge in [-0.25, -0.2) is 4.98 Å². The summed E-state index contributed by atoms with van der Waals surface area (Å²) in [7, 11) is 3.65. The average molecular weight is 266 g/mol. The average Bonchev–Trinajstić information content (AvgIpc) is 2.33. The van der Waals surface area contributed by atoms with Crippen LogP contribution in [0.3, 0.4) is 0 Å². The first-order valence-corrected chi connectivity index (χ1v) is 6.69. The standard InChI is InChI=1S/C15H26N2O2/c1-11-9-12(2)17-14(13(11)10-16-5)19-8-7-15(3,4)18-6/h9,16H,7-8,10H2,1-6H3. The SMILES string of the molecule is CNCc1c(C)cc(C)nc1OCCC(C)(C)OC. The molecule has 0 aliphatic rings. The molecule has 1 aromatic heterocycles. The molecule has 1 heterocycles. The van der Waals surface area contributed by atoms with Gasteiger partial charge in [0.2, 0.25) is 5.88 Å². The van der Waals surface area contributed by atoms with Crippen LogP contribution in [0.2, 0.25) is 0 Å². The Hall–Kier alpha value is -1.13. The number of nitrogens with one attached hydrogen (secondary N) is 1. The minimum Gasteiger partial charge on any atom is -0.477 e. The molecule has 0 radical (unpaired) electrons. The van der Waals surface area contributed by atoms with Crippen LogP contribution in [-0.4, -0.2) is 31.3 Å². The summed E-state index contributed by atoms with van der Waals surface area (Å²) in [4.78, 5) is 4.49. The summed E-state index contributed by atoms with van der Waals surface area (Å²) in [6.45, 7) is 9.56. The van der Waals surface area contributed by atoms with Crippen molar-refractivity contribution < 1.29 is 9.47 Å². The largest absolute Gasteiger partial charge is 0.477 e. The highest BCUT2D eigenvalue weighted by Gasteiger charge is 2.17. The van der Waals surface area contributed by atoms with E-state index in [0.29, 0.717) is 6.61 Å². The topological polar surface area (TPSA) is 43.4 Å². The lowest BCUT2D eigenvalue weighted by atomic mass is 10.1. The normalized spacial score (nSPS) is 11.7. The van der Waals surface area contributed by atoms with Crippen molar-refractivity contribution in [1.29, 1.82) is 0 Å². The Morgan fingerprint density at radius 2 is 2.00 bits per heavy atom. The van der Waals surface area contributed by atoms with Gasteiger partial charge in [-0.2, -0.15) is 0 Å². The summed E-state index contributed by atoms with van der Waals surface area (Å²) in [6, 6.07) is 2.08. The van der Waals surface area contributed by atoms with Crippen LogP contribution in [0, 0.1) is 13.8 Å². The third kappa shape index (κ3) is 4.80. The van der Waals surface area contributed by atoms with Crippen molar-refractivity contribution >= 4 is 0 Å². The van der Waals surface area contributed by atoms with Crippen molar-refractivity contribution in [3.8, 4) is 5.88 Å². The van der Waals surface area contributed by atoms with Crippen LogP contribution in [0.25, 0.3) is 0 Å². The first-order valence-electron chi connectivity index (χ1n) is 6.69. The molecule has 0 atom stereocenters. The maximum absolute atomic E-state index is 5.86. The zero-order chi connectivity index (χ0) is 14.5. The first-order chi connectivity index (χ1) is 8.89. The zero-order valence-corrected chi connectivity index (χ0v) is 13.0. The Bertz CT molecular complexity index is 417. The van der Waals surface area contributed by atoms with Gasteiger partial charge in [0.05, 0.1) is 12.2 Å². The van der Waals surface area contributed by atoms with Crippen LogP contribution in [0.5, 0.6) is 5.88 Å². The van der Waals surface area contributed by atoms with Gasteiger partial charge in [0.15, 0.2) is 0 Å². The second-order valence-corrected chi connectivity index (χ2v) is 5.46. The van der Waals surface area contributed by atoms with Crippen molar-refractivity contribution in [2.75, 3.05) is 20.8 Å². The van der Waals surface area contributed by atoms with E-state index in [2.05, 4.69) is 37.1 Å². The van der Waals surface area contributed by atoms with E-state index in [1.54, 1.807) is 7.11 Å². The van der Waals surface area contributed by atoms with E-state index < -0.39 is 0 Å². The van der Waals surface area contributed by atoms with Crippen LogP contribution in [0.4, 0.5) is 0 Å². The lowest BCUT2D eigenvalue weighted by Gasteiger charge is -2.23. The number of methoxy groups -OCH3 is 1. The third-order valence-electron chi connectivity index (χ3n) is 3.29. The predicted molar refractivity (Wildman–Crippen MR) is 77.7 cm³/mol. The molecule has 0 aromatic carbocycles. The van der Waals surface area contributed by atoms with E-state index in [1.165, 1.54) is 5.56 Å². The highest BCUT2D eigenvalue weighted by atomic mass is 16.5. The lowest BCUT2D eigenvalue weighted by molar-refractivity contribution is 0.00498. The zero-order valence-electron chi connectivity index (χ0n) is 13.0. The second kappa shape index (κ2) is 6.87. The van der Waals surface area contributed by atoms with Gasteiger partial charge in [-0.05, 0) is 46.4 Å². The molecule has 0 amide bonds. The number of aromatic nitrogens is 1. The van der Waals surface area contributed by atoms with Crippen molar-refractivity contribution in [3.63, 3.8) is 0 Å². The Labute approximate surface area is 116 Å². The predicted octanol–water partition coefficient (Wildman–Crippen LogP) is 2.61. The fourth-order valence-electron chi connectivity index (χ4n) is 1.84. The lowest BCUT2D eigenvalue weighted by Crippen LogP contribution is -2.25.